The number of carbonyl (C=O) groups excluding carboxylic acids is 2. The number of carbonyl (C=O) groups is 2. The van der Waals surface area contributed by atoms with Gasteiger partial charge in [-0.25, -0.2) is 0 Å². The van der Waals surface area contributed by atoms with Gasteiger partial charge >= 0.3 is 0 Å². The molecule has 1 saturated heterocycles. The molecule has 1 aromatic carbocycles. The number of hydrogen-bond donors (Lipinski definition) is 1. The number of hydrogen-bond acceptors (Lipinski definition) is 3. The molecule has 2 rings (SSSR count). The summed E-state index contributed by atoms with van der Waals surface area (Å²) in [6.07, 6.45) is 2.10. The van der Waals surface area contributed by atoms with E-state index in [1.54, 1.807) is 36.3 Å². The first kappa shape index (κ1) is 16.3. The smallest absolute Gasteiger partial charge is 0.247 e. The number of anilines is 1. The molecular weight excluding hydrogens is 280 g/mol. The molecule has 5 heteroatoms. The summed E-state index contributed by atoms with van der Waals surface area (Å²) in [5.74, 6) is 1.01. The first-order valence-electron chi connectivity index (χ1n) is 7.75. The highest BCUT2D eigenvalue weighted by molar-refractivity contribution is 5.97. The van der Waals surface area contributed by atoms with Crippen molar-refractivity contribution in [3.63, 3.8) is 0 Å². The Kier molecular flexibility index (Phi) is 5.41. The Bertz CT molecular complexity index is 525. The molecule has 1 aromatic rings. The lowest BCUT2D eigenvalue weighted by Gasteiger charge is -2.24. The highest BCUT2D eigenvalue weighted by Gasteiger charge is 2.33. The summed E-state index contributed by atoms with van der Waals surface area (Å²) in [7, 11) is 1.60. The lowest BCUT2D eigenvalue weighted by Crippen LogP contribution is -2.43. The zero-order valence-electron chi connectivity index (χ0n) is 13.5. The van der Waals surface area contributed by atoms with E-state index in [4.69, 9.17) is 4.74 Å². The first-order valence-corrected chi connectivity index (χ1v) is 7.75. The Hall–Kier alpha value is -2.04. The fourth-order valence-electron chi connectivity index (χ4n) is 2.70. The molecule has 120 valence electrons. The molecule has 1 atom stereocenters. The predicted molar refractivity (Wildman–Crippen MR) is 85.8 cm³/mol. The van der Waals surface area contributed by atoms with E-state index in [9.17, 15) is 9.59 Å². The highest BCUT2D eigenvalue weighted by Crippen LogP contribution is 2.22. The van der Waals surface area contributed by atoms with Gasteiger partial charge in [0.25, 0.3) is 0 Å². The third-order valence-corrected chi connectivity index (χ3v) is 3.82. The number of ether oxygens (including phenoxy) is 1. The number of rotatable bonds is 5. The molecule has 0 radical (unpaired) electrons. The Labute approximate surface area is 131 Å². The van der Waals surface area contributed by atoms with Crippen molar-refractivity contribution in [3.8, 4) is 5.75 Å². The van der Waals surface area contributed by atoms with E-state index >= 15 is 0 Å². The fraction of sp³-hybridized carbons (Fsp3) is 0.529. The number of nitrogens with zero attached hydrogens (tertiary/aromatic N) is 1. The maximum atomic E-state index is 12.4. The van der Waals surface area contributed by atoms with E-state index in [1.165, 1.54) is 0 Å². The molecule has 0 bridgehead atoms. The van der Waals surface area contributed by atoms with Crippen LogP contribution in [0.1, 0.15) is 33.1 Å². The number of likely N-dealkylation sites (tertiary alicyclic amines) is 1. The van der Waals surface area contributed by atoms with Crippen molar-refractivity contribution >= 4 is 17.5 Å². The van der Waals surface area contributed by atoms with Crippen LogP contribution < -0.4 is 10.1 Å². The maximum Gasteiger partial charge on any atom is 0.247 e. The van der Waals surface area contributed by atoms with Crippen LogP contribution in [0.4, 0.5) is 5.69 Å². The molecule has 1 N–H and O–H groups in total. The minimum absolute atomic E-state index is 0.0716. The number of benzene rings is 1. The van der Waals surface area contributed by atoms with Crippen LogP contribution in [0.15, 0.2) is 24.3 Å². The summed E-state index contributed by atoms with van der Waals surface area (Å²) in [5.41, 5.74) is 0.717. The molecule has 0 spiro atoms. The fourth-order valence-corrected chi connectivity index (χ4v) is 2.70. The van der Waals surface area contributed by atoms with E-state index in [1.807, 2.05) is 13.8 Å². The lowest BCUT2D eigenvalue weighted by molar-refractivity contribution is -0.137. The zero-order valence-corrected chi connectivity index (χ0v) is 13.5. The van der Waals surface area contributed by atoms with Crippen LogP contribution >= 0.6 is 0 Å². The quantitative estimate of drug-likeness (QED) is 0.910. The van der Waals surface area contributed by atoms with Crippen molar-refractivity contribution in [2.45, 2.75) is 39.2 Å². The van der Waals surface area contributed by atoms with Crippen molar-refractivity contribution in [2.75, 3.05) is 19.0 Å². The van der Waals surface area contributed by atoms with Crippen LogP contribution in [-0.2, 0) is 9.59 Å². The second-order valence-electron chi connectivity index (χ2n) is 6.06. The van der Waals surface area contributed by atoms with Crippen LogP contribution in [-0.4, -0.2) is 36.4 Å². The second-order valence-corrected chi connectivity index (χ2v) is 6.06. The number of nitrogens with one attached hydrogen (secondary N) is 1. The van der Waals surface area contributed by atoms with Crippen LogP contribution in [0.3, 0.4) is 0 Å². The van der Waals surface area contributed by atoms with Gasteiger partial charge in [-0.05, 0) is 43.0 Å². The van der Waals surface area contributed by atoms with E-state index in [0.29, 0.717) is 24.6 Å². The van der Waals surface area contributed by atoms with Crippen molar-refractivity contribution in [2.24, 2.45) is 5.92 Å². The molecule has 5 nitrogen and oxygen atoms in total. The SMILES string of the molecule is COc1ccc(NC(=O)[C@@H]2CCCN2C(=O)CC(C)C)cc1. The molecule has 0 unspecified atom stereocenters. The summed E-state index contributed by atoms with van der Waals surface area (Å²) in [6, 6.07) is 6.84. The van der Waals surface area contributed by atoms with Crippen LogP contribution in [0, 0.1) is 5.92 Å². The topological polar surface area (TPSA) is 58.6 Å². The van der Waals surface area contributed by atoms with Crippen molar-refractivity contribution in [1.82, 2.24) is 4.90 Å². The summed E-state index contributed by atoms with van der Waals surface area (Å²) in [4.78, 5) is 26.4. The average molecular weight is 304 g/mol. The van der Waals surface area contributed by atoms with E-state index < -0.39 is 0 Å². The van der Waals surface area contributed by atoms with Gasteiger partial charge < -0.3 is 15.0 Å². The third kappa shape index (κ3) is 4.00. The van der Waals surface area contributed by atoms with E-state index in [2.05, 4.69) is 5.32 Å². The maximum absolute atomic E-state index is 12.4. The van der Waals surface area contributed by atoms with Crippen molar-refractivity contribution < 1.29 is 14.3 Å². The highest BCUT2D eigenvalue weighted by atomic mass is 16.5. The molecule has 1 fully saturated rings. The molecule has 2 amide bonds. The van der Waals surface area contributed by atoms with Crippen LogP contribution in [0.25, 0.3) is 0 Å². The van der Waals surface area contributed by atoms with Crippen molar-refractivity contribution in [1.29, 1.82) is 0 Å². The Morgan fingerprint density at radius 2 is 2.00 bits per heavy atom. The summed E-state index contributed by atoms with van der Waals surface area (Å²) < 4.78 is 5.09. The number of methoxy groups -OCH3 is 1. The Morgan fingerprint density at radius 3 is 2.59 bits per heavy atom. The summed E-state index contributed by atoms with van der Waals surface area (Å²) >= 11 is 0. The van der Waals surface area contributed by atoms with Gasteiger partial charge in [-0.2, -0.15) is 0 Å². The van der Waals surface area contributed by atoms with Gasteiger partial charge in [0.15, 0.2) is 0 Å². The molecule has 22 heavy (non-hydrogen) atoms. The van der Waals surface area contributed by atoms with Crippen LogP contribution in [0.5, 0.6) is 5.75 Å². The van der Waals surface area contributed by atoms with Crippen LogP contribution in [0.2, 0.25) is 0 Å². The van der Waals surface area contributed by atoms with E-state index in [0.717, 1.165) is 18.6 Å². The molecule has 1 aliphatic rings. The standard InChI is InChI=1S/C17H24N2O3/c1-12(2)11-16(20)19-10-4-5-15(19)17(21)18-13-6-8-14(22-3)9-7-13/h6-9,12,15H,4-5,10-11H2,1-3H3,(H,18,21)/t15-/m0/s1. The average Bonchev–Trinajstić information content (AvgIpc) is 2.97. The van der Waals surface area contributed by atoms with Crippen molar-refractivity contribution in [3.05, 3.63) is 24.3 Å². The lowest BCUT2D eigenvalue weighted by atomic mass is 10.1. The Balaban J connectivity index is 1.99. The van der Waals surface area contributed by atoms with Gasteiger partial charge in [0.2, 0.25) is 11.8 Å². The zero-order chi connectivity index (χ0) is 16.1. The largest absolute Gasteiger partial charge is 0.497 e. The minimum Gasteiger partial charge on any atom is -0.497 e. The molecular formula is C17H24N2O3. The summed E-state index contributed by atoms with van der Waals surface area (Å²) in [5, 5.41) is 2.88. The minimum atomic E-state index is -0.353. The number of amides is 2. The van der Waals surface area contributed by atoms with Gasteiger partial charge in [-0.1, -0.05) is 13.8 Å². The molecule has 1 aliphatic heterocycles. The second kappa shape index (κ2) is 7.29. The third-order valence-electron chi connectivity index (χ3n) is 3.82. The summed E-state index contributed by atoms with van der Waals surface area (Å²) in [6.45, 7) is 4.70. The van der Waals surface area contributed by atoms with Gasteiger partial charge in [-0.3, -0.25) is 9.59 Å². The molecule has 0 aliphatic carbocycles. The molecule has 0 aromatic heterocycles. The normalized spacial score (nSPS) is 17.6. The van der Waals surface area contributed by atoms with Gasteiger partial charge in [0.05, 0.1) is 7.11 Å². The van der Waals surface area contributed by atoms with E-state index in [-0.39, 0.29) is 17.9 Å². The monoisotopic (exact) mass is 304 g/mol. The predicted octanol–water partition coefficient (Wildman–Crippen LogP) is 2.67. The van der Waals surface area contributed by atoms with Gasteiger partial charge in [-0.15, -0.1) is 0 Å². The molecule has 1 heterocycles. The molecule has 0 saturated carbocycles. The Morgan fingerprint density at radius 1 is 1.32 bits per heavy atom. The van der Waals surface area contributed by atoms with Gasteiger partial charge in [0, 0.05) is 18.7 Å². The first-order chi connectivity index (χ1) is 10.5. The van der Waals surface area contributed by atoms with Gasteiger partial charge in [0.1, 0.15) is 11.8 Å².